The number of amides is 1. The van der Waals surface area contributed by atoms with Gasteiger partial charge in [0.1, 0.15) is 5.82 Å². The minimum absolute atomic E-state index is 0.120. The molecule has 0 aliphatic heterocycles. The minimum Gasteiger partial charge on any atom is -0.351 e. The first kappa shape index (κ1) is 13.0. The fraction of sp³-hybridized carbons (Fsp3) is 0.182. The molecule has 0 aliphatic rings. The Morgan fingerprint density at radius 3 is 2.72 bits per heavy atom. The zero-order chi connectivity index (χ0) is 13.0. The summed E-state index contributed by atoms with van der Waals surface area (Å²) in [6, 6.07) is 7.41. The number of rotatable bonds is 4. The summed E-state index contributed by atoms with van der Waals surface area (Å²) >= 11 is 4.58. The monoisotopic (exact) mass is 326 g/mol. The van der Waals surface area contributed by atoms with Crippen molar-refractivity contribution in [2.24, 2.45) is 0 Å². The van der Waals surface area contributed by atoms with Crippen LogP contribution in [-0.4, -0.2) is 21.8 Å². The Morgan fingerprint density at radius 1 is 1.39 bits per heavy atom. The summed E-state index contributed by atoms with van der Waals surface area (Å²) in [6.45, 7) is 1.98. The van der Waals surface area contributed by atoms with Gasteiger partial charge in [-0.3, -0.25) is 4.79 Å². The van der Waals surface area contributed by atoms with Crippen molar-refractivity contribution in [3.63, 3.8) is 0 Å². The molecule has 0 radical (unpaired) electrons. The van der Waals surface area contributed by atoms with Gasteiger partial charge in [0.25, 0.3) is 0 Å². The number of aryl methyl sites for hydroxylation is 1. The summed E-state index contributed by atoms with van der Waals surface area (Å²) in [7, 11) is 0. The third-order valence-electron chi connectivity index (χ3n) is 2.06. The van der Waals surface area contributed by atoms with Gasteiger partial charge in [0.15, 0.2) is 0 Å². The average molecular weight is 327 g/mol. The van der Waals surface area contributed by atoms with E-state index in [1.165, 1.54) is 11.5 Å². The van der Waals surface area contributed by atoms with E-state index < -0.39 is 0 Å². The smallest absolute Gasteiger partial charge is 0.243 e. The Hall–Kier alpha value is -1.47. The van der Waals surface area contributed by atoms with E-state index >= 15 is 0 Å². The number of nitrogens with zero attached hydrogens (tertiary/aromatic N) is 2. The van der Waals surface area contributed by atoms with Crippen molar-refractivity contribution in [2.75, 3.05) is 17.2 Å². The number of anilines is 2. The number of nitrogens with one attached hydrogen (secondary N) is 2. The van der Waals surface area contributed by atoms with Gasteiger partial charge in [-0.15, -0.1) is 0 Å². The summed E-state index contributed by atoms with van der Waals surface area (Å²) in [6.07, 6.45) is 0. The zero-order valence-corrected chi connectivity index (χ0v) is 12.0. The van der Waals surface area contributed by atoms with E-state index in [1.54, 1.807) is 0 Å². The van der Waals surface area contributed by atoms with Gasteiger partial charge in [-0.2, -0.15) is 4.37 Å². The summed E-state index contributed by atoms with van der Waals surface area (Å²) in [5, 5.41) is 6.35. The van der Waals surface area contributed by atoms with Crippen molar-refractivity contribution >= 4 is 44.2 Å². The Kier molecular flexibility index (Phi) is 4.27. The highest BCUT2D eigenvalue weighted by Crippen LogP contribution is 2.14. The predicted octanol–water partition coefficient (Wildman–Crippen LogP) is 2.66. The molecule has 2 aromatic rings. The summed E-state index contributed by atoms with van der Waals surface area (Å²) < 4.78 is 4.99. The Bertz CT molecular complexity index is 540. The molecule has 0 saturated carbocycles. The van der Waals surface area contributed by atoms with Gasteiger partial charge in [-0.25, -0.2) is 4.98 Å². The number of benzene rings is 1. The fourth-order valence-corrected chi connectivity index (χ4v) is 2.10. The van der Waals surface area contributed by atoms with Crippen LogP contribution >= 0.6 is 27.5 Å². The number of hydrogen-bond acceptors (Lipinski definition) is 5. The predicted molar refractivity (Wildman–Crippen MR) is 75.9 cm³/mol. The molecule has 0 aliphatic carbocycles. The van der Waals surface area contributed by atoms with Gasteiger partial charge in [-0.1, -0.05) is 15.9 Å². The fourth-order valence-electron chi connectivity index (χ4n) is 1.26. The molecule has 0 unspecified atom stereocenters. The van der Waals surface area contributed by atoms with Gasteiger partial charge in [0.05, 0.1) is 6.54 Å². The molecular formula is C11H11BrN4OS. The normalized spacial score (nSPS) is 10.1. The van der Waals surface area contributed by atoms with E-state index in [0.29, 0.717) is 11.0 Å². The molecular weight excluding hydrogens is 316 g/mol. The summed E-state index contributed by atoms with van der Waals surface area (Å²) in [4.78, 5) is 15.8. The number of carbonyl (C=O) groups is 1. The van der Waals surface area contributed by atoms with Crippen LogP contribution in [0.1, 0.15) is 5.82 Å². The molecule has 2 N–H and O–H groups in total. The quantitative estimate of drug-likeness (QED) is 0.906. The van der Waals surface area contributed by atoms with Crippen LogP contribution in [0.2, 0.25) is 0 Å². The van der Waals surface area contributed by atoms with E-state index in [-0.39, 0.29) is 12.5 Å². The first-order valence-electron chi connectivity index (χ1n) is 5.23. The second-order valence-electron chi connectivity index (χ2n) is 3.56. The largest absolute Gasteiger partial charge is 0.351 e. The lowest BCUT2D eigenvalue weighted by molar-refractivity contribution is -0.114. The Morgan fingerprint density at radius 2 is 2.11 bits per heavy atom. The topological polar surface area (TPSA) is 66.9 Å². The lowest BCUT2D eigenvalue weighted by Crippen LogP contribution is -2.21. The molecule has 7 heteroatoms. The zero-order valence-electron chi connectivity index (χ0n) is 9.61. The van der Waals surface area contributed by atoms with Crippen molar-refractivity contribution in [2.45, 2.75) is 6.92 Å². The van der Waals surface area contributed by atoms with Crippen LogP contribution < -0.4 is 10.6 Å². The van der Waals surface area contributed by atoms with E-state index in [9.17, 15) is 4.79 Å². The molecule has 18 heavy (non-hydrogen) atoms. The van der Waals surface area contributed by atoms with Gasteiger partial charge in [0.2, 0.25) is 11.0 Å². The van der Waals surface area contributed by atoms with Crippen molar-refractivity contribution in [3.8, 4) is 0 Å². The highest BCUT2D eigenvalue weighted by molar-refractivity contribution is 9.10. The van der Waals surface area contributed by atoms with E-state index in [2.05, 4.69) is 35.9 Å². The Balaban J connectivity index is 1.83. The SMILES string of the molecule is Cc1nsc(NCC(=O)Nc2ccc(Br)cc2)n1. The molecule has 1 amide bonds. The second kappa shape index (κ2) is 5.92. The summed E-state index contributed by atoms with van der Waals surface area (Å²) in [5.74, 6) is 0.584. The maximum absolute atomic E-state index is 11.6. The third-order valence-corrected chi connectivity index (χ3v) is 3.35. The second-order valence-corrected chi connectivity index (χ2v) is 5.22. The van der Waals surface area contributed by atoms with E-state index in [0.717, 1.165) is 10.2 Å². The van der Waals surface area contributed by atoms with Crippen LogP contribution in [0.5, 0.6) is 0 Å². The van der Waals surface area contributed by atoms with Crippen molar-refractivity contribution < 1.29 is 4.79 Å². The highest BCUT2D eigenvalue weighted by Gasteiger charge is 2.04. The van der Waals surface area contributed by atoms with Gasteiger partial charge >= 0.3 is 0 Å². The molecule has 0 spiro atoms. The molecule has 2 rings (SSSR count). The van der Waals surface area contributed by atoms with Crippen LogP contribution in [-0.2, 0) is 4.79 Å². The first-order chi connectivity index (χ1) is 8.63. The van der Waals surface area contributed by atoms with Gasteiger partial charge < -0.3 is 10.6 Å². The van der Waals surface area contributed by atoms with E-state index in [1.807, 2.05) is 31.2 Å². The summed E-state index contributed by atoms with van der Waals surface area (Å²) in [5.41, 5.74) is 0.762. The lowest BCUT2D eigenvalue weighted by Gasteiger charge is -2.05. The minimum atomic E-state index is -0.120. The number of aromatic nitrogens is 2. The van der Waals surface area contributed by atoms with Crippen LogP contribution in [0.15, 0.2) is 28.7 Å². The third kappa shape index (κ3) is 3.78. The van der Waals surface area contributed by atoms with Crippen LogP contribution in [0.25, 0.3) is 0 Å². The standard InChI is InChI=1S/C11H11BrN4OS/c1-7-14-11(18-16-7)13-6-10(17)15-9-4-2-8(12)3-5-9/h2-5H,6H2,1H3,(H,15,17)(H,13,14,16). The van der Waals surface area contributed by atoms with E-state index in [4.69, 9.17) is 0 Å². The van der Waals surface area contributed by atoms with Crippen molar-refractivity contribution in [1.82, 2.24) is 9.36 Å². The van der Waals surface area contributed by atoms with Crippen LogP contribution in [0, 0.1) is 6.92 Å². The van der Waals surface area contributed by atoms with Crippen molar-refractivity contribution in [3.05, 3.63) is 34.6 Å². The molecule has 1 heterocycles. The molecule has 0 saturated heterocycles. The van der Waals surface area contributed by atoms with Crippen LogP contribution in [0.3, 0.4) is 0 Å². The molecule has 0 atom stereocenters. The maximum Gasteiger partial charge on any atom is 0.243 e. The highest BCUT2D eigenvalue weighted by atomic mass is 79.9. The van der Waals surface area contributed by atoms with Crippen LogP contribution in [0.4, 0.5) is 10.8 Å². The number of carbonyl (C=O) groups excluding carboxylic acids is 1. The molecule has 1 aromatic heterocycles. The Labute approximate surface area is 117 Å². The number of halogens is 1. The molecule has 94 valence electrons. The maximum atomic E-state index is 11.6. The first-order valence-corrected chi connectivity index (χ1v) is 6.80. The van der Waals surface area contributed by atoms with Gasteiger partial charge in [0, 0.05) is 21.7 Å². The van der Waals surface area contributed by atoms with Gasteiger partial charge in [-0.05, 0) is 31.2 Å². The number of hydrogen-bond donors (Lipinski definition) is 2. The molecule has 5 nitrogen and oxygen atoms in total. The average Bonchev–Trinajstić information content (AvgIpc) is 2.76. The molecule has 1 aromatic carbocycles. The van der Waals surface area contributed by atoms with Crippen molar-refractivity contribution in [1.29, 1.82) is 0 Å². The lowest BCUT2D eigenvalue weighted by atomic mass is 10.3. The molecule has 0 fully saturated rings. The molecule has 0 bridgehead atoms.